The summed E-state index contributed by atoms with van der Waals surface area (Å²) in [6.07, 6.45) is 1.39. The molecule has 13 heteroatoms. The molecule has 1 fully saturated rings. The average molecular weight is 723 g/mol. The number of hydrogen-bond donors (Lipinski definition) is 1. The van der Waals surface area contributed by atoms with Gasteiger partial charge in [0.15, 0.2) is 0 Å². The smallest absolute Gasteiger partial charge is 0.280 e. The number of carbonyl (C=O) groups is 1. The number of carbonyl (C=O) groups excluding carboxylic acids is 1. The van der Waals surface area contributed by atoms with Gasteiger partial charge in [-0.15, -0.1) is 21.5 Å². The molecule has 6 aromatic rings. The van der Waals surface area contributed by atoms with E-state index in [1.54, 1.807) is 26.2 Å². The number of thiophene rings is 1. The fourth-order valence-electron chi connectivity index (χ4n) is 8.05. The Labute approximate surface area is 300 Å². The maximum Gasteiger partial charge on any atom is 0.280 e. The summed E-state index contributed by atoms with van der Waals surface area (Å²) in [7, 11) is 1.64. The molecule has 1 unspecified atom stereocenters. The summed E-state index contributed by atoms with van der Waals surface area (Å²) in [6, 6.07) is 15.2. The van der Waals surface area contributed by atoms with Crippen LogP contribution < -0.4 is 10.1 Å². The van der Waals surface area contributed by atoms with Gasteiger partial charge in [-0.2, -0.15) is 0 Å². The minimum atomic E-state index is -2.79. The molecule has 0 radical (unpaired) electrons. The predicted molar refractivity (Wildman–Crippen MR) is 190 cm³/mol. The van der Waals surface area contributed by atoms with Crippen molar-refractivity contribution in [3.05, 3.63) is 106 Å². The first-order valence-corrected chi connectivity index (χ1v) is 18.2. The maximum atomic E-state index is 14.4. The predicted octanol–water partition coefficient (Wildman–Crippen LogP) is 8.98. The second-order valence-electron chi connectivity index (χ2n) is 13.5. The quantitative estimate of drug-likeness (QED) is 0.158. The number of halogens is 3. The molecule has 264 valence electrons. The Morgan fingerprint density at radius 1 is 1.04 bits per heavy atom. The van der Waals surface area contributed by atoms with Crippen LogP contribution in [-0.2, 0) is 19.3 Å². The minimum Gasteiger partial charge on any atom is -0.496 e. The molecule has 0 spiro atoms. The third kappa shape index (κ3) is 5.40. The highest BCUT2D eigenvalue weighted by Crippen LogP contribution is 2.51. The van der Waals surface area contributed by atoms with E-state index < -0.39 is 6.43 Å². The zero-order valence-electron chi connectivity index (χ0n) is 28.4. The van der Waals surface area contributed by atoms with E-state index in [0.29, 0.717) is 74.1 Å². The first kappa shape index (κ1) is 32.6. The molecule has 1 N–H and O–H groups in total. The number of anilines is 1. The van der Waals surface area contributed by atoms with Gasteiger partial charge in [-0.05, 0) is 90.9 Å². The number of methoxy groups -OCH3 is 1. The van der Waals surface area contributed by atoms with Crippen molar-refractivity contribution in [2.45, 2.75) is 64.0 Å². The van der Waals surface area contributed by atoms with Gasteiger partial charge < -0.3 is 19.4 Å². The fraction of sp³-hybridized carbons (Fsp3) is 0.308. The van der Waals surface area contributed by atoms with Gasteiger partial charge >= 0.3 is 0 Å². The Balaban J connectivity index is 1.23. The van der Waals surface area contributed by atoms with Crippen molar-refractivity contribution in [2.24, 2.45) is 0 Å². The van der Waals surface area contributed by atoms with Crippen molar-refractivity contribution in [2.75, 3.05) is 19.0 Å². The van der Waals surface area contributed by atoms with Crippen LogP contribution in [0.15, 0.2) is 59.0 Å². The average Bonchev–Trinajstić information content (AvgIpc) is 3.98. The number of nitrogens with one attached hydrogen (secondary N) is 1. The van der Waals surface area contributed by atoms with Gasteiger partial charge in [0.1, 0.15) is 23.1 Å². The zero-order chi connectivity index (χ0) is 35.7. The number of pyridine rings is 2. The Bertz CT molecular complexity index is 2380. The normalized spacial score (nSPS) is 17.7. The summed E-state index contributed by atoms with van der Waals surface area (Å²) < 4.78 is 54.9. The maximum absolute atomic E-state index is 14.4. The number of fused-ring (bicyclic) bond motifs is 5. The molecule has 2 atom stereocenters. The van der Waals surface area contributed by atoms with Crippen molar-refractivity contribution in [1.82, 2.24) is 25.1 Å². The van der Waals surface area contributed by atoms with Crippen molar-refractivity contribution in [3.8, 4) is 27.6 Å². The van der Waals surface area contributed by atoms with E-state index >= 15 is 0 Å². The number of nitrogens with zero attached hydrogens (tertiary/aromatic N) is 5. The van der Waals surface area contributed by atoms with E-state index in [0.717, 1.165) is 48.1 Å². The first-order valence-electron chi connectivity index (χ1n) is 17.4. The van der Waals surface area contributed by atoms with Crippen molar-refractivity contribution < 1.29 is 27.1 Å². The Morgan fingerprint density at radius 3 is 2.65 bits per heavy atom. The van der Waals surface area contributed by atoms with Crippen molar-refractivity contribution in [3.63, 3.8) is 0 Å². The SMILES string of the molecule is COc1cccc2c1CC[C@H]2Nc1nc(C(F)F)cc2cc(-c3c4c(nc(CCc5ccc(F)cc5)c3-c3nnc(C)o3)C3CCCN3C4=O)sc12. The van der Waals surface area contributed by atoms with E-state index in [2.05, 4.69) is 20.5 Å². The van der Waals surface area contributed by atoms with Crippen LogP contribution in [0.5, 0.6) is 5.75 Å². The number of aryl methyl sites for hydroxylation is 3. The van der Waals surface area contributed by atoms with Crippen LogP contribution in [0, 0.1) is 12.7 Å². The van der Waals surface area contributed by atoms with Crippen LogP contribution in [-0.4, -0.2) is 44.6 Å². The lowest BCUT2D eigenvalue weighted by atomic mass is 9.93. The van der Waals surface area contributed by atoms with Gasteiger partial charge in [-0.25, -0.2) is 18.2 Å². The first-order chi connectivity index (χ1) is 25.3. The second-order valence-corrected chi connectivity index (χ2v) is 14.5. The molecular weight excluding hydrogens is 690 g/mol. The zero-order valence-corrected chi connectivity index (χ0v) is 29.2. The summed E-state index contributed by atoms with van der Waals surface area (Å²) in [5.74, 6) is 1.28. The lowest BCUT2D eigenvalue weighted by Gasteiger charge is -2.17. The number of benzene rings is 2. The number of ether oxygens (including phenoxy) is 1. The molecule has 9 rings (SSSR count). The molecule has 2 aliphatic heterocycles. The molecule has 2 aromatic carbocycles. The van der Waals surface area contributed by atoms with E-state index in [9.17, 15) is 18.0 Å². The molecule has 3 aliphatic rings. The molecule has 1 aliphatic carbocycles. The molecular formula is C39H33F3N6O3S. The van der Waals surface area contributed by atoms with Gasteiger partial charge in [-0.3, -0.25) is 9.78 Å². The fourth-order valence-corrected chi connectivity index (χ4v) is 9.20. The molecule has 9 nitrogen and oxygen atoms in total. The Kier molecular flexibility index (Phi) is 7.98. The van der Waals surface area contributed by atoms with Gasteiger partial charge in [0.05, 0.1) is 46.4 Å². The monoisotopic (exact) mass is 722 g/mol. The van der Waals surface area contributed by atoms with E-state index in [1.807, 2.05) is 29.2 Å². The minimum absolute atomic E-state index is 0.124. The van der Waals surface area contributed by atoms with Crippen molar-refractivity contribution in [1.29, 1.82) is 0 Å². The van der Waals surface area contributed by atoms with E-state index in [4.69, 9.17) is 14.1 Å². The van der Waals surface area contributed by atoms with Gasteiger partial charge in [-0.1, -0.05) is 24.3 Å². The number of alkyl halides is 2. The highest BCUT2D eigenvalue weighted by molar-refractivity contribution is 7.23. The molecule has 1 saturated heterocycles. The van der Waals surface area contributed by atoms with Crippen LogP contribution in [0.25, 0.3) is 32.0 Å². The van der Waals surface area contributed by atoms with Crippen LogP contribution in [0.2, 0.25) is 0 Å². The van der Waals surface area contributed by atoms with Crippen LogP contribution in [0.3, 0.4) is 0 Å². The molecule has 4 aromatic heterocycles. The number of amides is 1. The topological polar surface area (TPSA) is 106 Å². The lowest BCUT2D eigenvalue weighted by molar-refractivity contribution is 0.0776. The highest BCUT2D eigenvalue weighted by atomic mass is 32.1. The largest absolute Gasteiger partial charge is 0.496 e. The van der Waals surface area contributed by atoms with Gasteiger partial charge in [0.25, 0.3) is 12.3 Å². The molecule has 0 saturated carbocycles. The Morgan fingerprint density at radius 2 is 1.88 bits per heavy atom. The van der Waals surface area contributed by atoms with Gasteiger partial charge in [0.2, 0.25) is 11.8 Å². The van der Waals surface area contributed by atoms with Crippen LogP contribution >= 0.6 is 11.3 Å². The summed E-state index contributed by atoms with van der Waals surface area (Å²) in [6.45, 7) is 2.32. The highest BCUT2D eigenvalue weighted by Gasteiger charge is 2.45. The Hall–Kier alpha value is -5.30. The second kappa shape index (κ2) is 12.7. The summed E-state index contributed by atoms with van der Waals surface area (Å²) in [5.41, 5.74) is 5.70. The molecule has 6 heterocycles. The molecule has 1 amide bonds. The van der Waals surface area contributed by atoms with E-state index in [-0.39, 0.29) is 35.4 Å². The van der Waals surface area contributed by atoms with Gasteiger partial charge in [0, 0.05) is 23.9 Å². The summed E-state index contributed by atoms with van der Waals surface area (Å²) in [5, 5.41) is 12.6. The number of rotatable bonds is 9. The third-order valence-electron chi connectivity index (χ3n) is 10.4. The molecule has 52 heavy (non-hydrogen) atoms. The van der Waals surface area contributed by atoms with E-state index in [1.165, 1.54) is 29.5 Å². The number of hydrogen-bond acceptors (Lipinski definition) is 9. The van der Waals surface area contributed by atoms with Crippen molar-refractivity contribution >= 4 is 33.1 Å². The van der Waals surface area contributed by atoms with Crippen LogP contribution in [0.1, 0.15) is 87.8 Å². The summed E-state index contributed by atoms with van der Waals surface area (Å²) in [4.78, 5) is 26.4. The van der Waals surface area contributed by atoms with Crippen LogP contribution in [0.4, 0.5) is 19.0 Å². The lowest BCUT2D eigenvalue weighted by Crippen LogP contribution is -2.22. The third-order valence-corrected chi connectivity index (χ3v) is 11.6. The molecule has 0 bridgehead atoms. The number of aromatic nitrogens is 4. The standard InChI is InChI=1S/C39H33F3N6O3S/c1-19-46-47-38(51-19)31-26(14-10-20-8-11-22(40)12-9-20)43-34-28-6-4-16-48(28)39(49)33(34)32(31)30-18-21-17-27(36(41)42)45-37(35(21)52-30)44-25-15-13-24-23(25)5-3-7-29(24)50-2/h3,5,7-9,11-12,17-18,25,28,36H,4,6,10,13-16H2,1-2H3,(H,44,45)/t25-,28?/m1/s1. The summed E-state index contributed by atoms with van der Waals surface area (Å²) >= 11 is 1.38.